The van der Waals surface area contributed by atoms with Crippen LogP contribution < -0.4 is 5.32 Å². The molecular weight excluding hydrogens is 240 g/mol. The van der Waals surface area contributed by atoms with Crippen molar-refractivity contribution in [2.75, 3.05) is 20.3 Å². The summed E-state index contributed by atoms with van der Waals surface area (Å²) in [6.45, 7) is 10.3. The van der Waals surface area contributed by atoms with Crippen molar-refractivity contribution in [3.8, 4) is 0 Å². The van der Waals surface area contributed by atoms with Gasteiger partial charge in [0.15, 0.2) is 0 Å². The smallest absolute Gasteiger partial charge is 0.241 e. The molecule has 1 aliphatic heterocycles. The van der Waals surface area contributed by atoms with Crippen LogP contribution in [-0.2, 0) is 9.53 Å². The Morgan fingerprint density at radius 1 is 1.21 bits per heavy atom. The summed E-state index contributed by atoms with van der Waals surface area (Å²) in [4.78, 5) is 14.5. The largest absolute Gasteiger partial charge is 0.385 e. The topological polar surface area (TPSA) is 41.6 Å². The monoisotopic (exact) mass is 270 g/mol. The van der Waals surface area contributed by atoms with Gasteiger partial charge in [0.1, 0.15) is 0 Å². The predicted octanol–water partition coefficient (Wildman–Crippen LogP) is 2.24. The lowest BCUT2D eigenvalue weighted by atomic mass is 10.0. The number of methoxy groups -OCH3 is 1. The number of ether oxygens (including phenoxy) is 1. The van der Waals surface area contributed by atoms with Crippen LogP contribution in [0.3, 0.4) is 0 Å². The van der Waals surface area contributed by atoms with Crippen LogP contribution in [0, 0.1) is 11.8 Å². The number of nitrogens with zero attached hydrogens (tertiary/aromatic N) is 1. The lowest BCUT2D eigenvalue weighted by molar-refractivity contribution is -0.130. The van der Waals surface area contributed by atoms with E-state index in [1.165, 1.54) is 0 Å². The minimum Gasteiger partial charge on any atom is -0.385 e. The fourth-order valence-corrected chi connectivity index (χ4v) is 2.67. The van der Waals surface area contributed by atoms with E-state index in [9.17, 15) is 4.79 Å². The molecule has 0 bridgehead atoms. The summed E-state index contributed by atoms with van der Waals surface area (Å²) >= 11 is 0. The molecule has 0 aliphatic carbocycles. The summed E-state index contributed by atoms with van der Waals surface area (Å²) in [5.74, 6) is 1.41. The summed E-state index contributed by atoms with van der Waals surface area (Å²) in [7, 11) is 1.71. The molecule has 1 amide bonds. The summed E-state index contributed by atoms with van der Waals surface area (Å²) < 4.78 is 5.09. The van der Waals surface area contributed by atoms with Gasteiger partial charge in [-0.3, -0.25) is 10.1 Å². The van der Waals surface area contributed by atoms with Gasteiger partial charge in [0, 0.05) is 20.3 Å². The highest BCUT2D eigenvalue weighted by Gasteiger charge is 2.38. The van der Waals surface area contributed by atoms with Crippen molar-refractivity contribution >= 4 is 5.91 Å². The molecule has 0 aromatic heterocycles. The summed E-state index contributed by atoms with van der Waals surface area (Å²) in [5.41, 5.74) is 0. The Bertz CT molecular complexity index is 279. The van der Waals surface area contributed by atoms with Gasteiger partial charge in [-0.25, -0.2) is 0 Å². The van der Waals surface area contributed by atoms with Crippen LogP contribution in [0.15, 0.2) is 0 Å². The van der Waals surface area contributed by atoms with E-state index < -0.39 is 0 Å². The van der Waals surface area contributed by atoms with Gasteiger partial charge in [-0.1, -0.05) is 27.7 Å². The van der Waals surface area contributed by atoms with Crippen molar-refractivity contribution in [1.29, 1.82) is 0 Å². The van der Waals surface area contributed by atoms with Crippen LogP contribution in [0.2, 0.25) is 0 Å². The van der Waals surface area contributed by atoms with E-state index in [0.29, 0.717) is 18.4 Å². The zero-order valence-corrected chi connectivity index (χ0v) is 13.1. The second kappa shape index (κ2) is 7.85. The predicted molar refractivity (Wildman–Crippen MR) is 77.8 cm³/mol. The normalized spacial score (nSPS) is 23.9. The minimum absolute atomic E-state index is 0.00583. The molecule has 4 heteroatoms. The molecule has 1 fully saturated rings. The number of carbonyl (C=O) groups is 1. The molecule has 2 unspecified atom stereocenters. The Balaban J connectivity index is 2.62. The van der Waals surface area contributed by atoms with Crippen LogP contribution in [0.5, 0.6) is 0 Å². The maximum atomic E-state index is 12.4. The standard InChI is InChI=1S/C15H30N2O2/c1-11(2)9-13-15(18)17(7-6-8-19-5)14(16-13)10-12(3)4/h11-14,16H,6-10H2,1-5H3. The number of rotatable bonds is 8. The van der Waals surface area contributed by atoms with E-state index in [1.807, 2.05) is 4.90 Å². The van der Waals surface area contributed by atoms with Crippen molar-refractivity contribution in [3.63, 3.8) is 0 Å². The highest BCUT2D eigenvalue weighted by atomic mass is 16.5. The van der Waals surface area contributed by atoms with Gasteiger partial charge in [0.25, 0.3) is 0 Å². The number of amides is 1. The Hall–Kier alpha value is -0.610. The van der Waals surface area contributed by atoms with Crippen LogP contribution >= 0.6 is 0 Å². The van der Waals surface area contributed by atoms with Gasteiger partial charge in [-0.2, -0.15) is 0 Å². The second-order valence-electron chi connectivity index (χ2n) is 6.37. The van der Waals surface area contributed by atoms with Gasteiger partial charge in [0.2, 0.25) is 5.91 Å². The van der Waals surface area contributed by atoms with Crippen molar-refractivity contribution in [3.05, 3.63) is 0 Å². The van der Waals surface area contributed by atoms with Crippen molar-refractivity contribution in [2.24, 2.45) is 11.8 Å². The van der Waals surface area contributed by atoms with Crippen LogP contribution in [0.4, 0.5) is 0 Å². The third-order valence-corrected chi connectivity index (χ3v) is 3.50. The molecule has 0 aromatic rings. The van der Waals surface area contributed by atoms with Gasteiger partial charge in [-0.05, 0) is 31.1 Å². The van der Waals surface area contributed by atoms with Gasteiger partial charge >= 0.3 is 0 Å². The first-order chi connectivity index (χ1) is 8.95. The van der Waals surface area contributed by atoms with E-state index in [2.05, 4.69) is 33.0 Å². The summed E-state index contributed by atoms with van der Waals surface area (Å²) in [6, 6.07) is 0.00583. The molecule has 0 spiro atoms. The molecule has 1 heterocycles. The van der Waals surface area contributed by atoms with Gasteiger partial charge in [0.05, 0.1) is 12.2 Å². The van der Waals surface area contributed by atoms with Crippen molar-refractivity contribution in [1.82, 2.24) is 10.2 Å². The molecular formula is C15H30N2O2. The molecule has 0 aromatic carbocycles. The Kier molecular flexibility index (Phi) is 6.80. The lowest BCUT2D eigenvalue weighted by Gasteiger charge is -2.25. The Labute approximate surface area is 117 Å². The highest BCUT2D eigenvalue weighted by Crippen LogP contribution is 2.21. The average Bonchev–Trinajstić information content (AvgIpc) is 2.56. The summed E-state index contributed by atoms with van der Waals surface area (Å²) in [6.07, 6.45) is 3.06. The van der Waals surface area contributed by atoms with Gasteiger partial charge in [-0.15, -0.1) is 0 Å². The van der Waals surface area contributed by atoms with E-state index in [-0.39, 0.29) is 18.1 Å². The second-order valence-corrected chi connectivity index (χ2v) is 6.37. The number of nitrogens with one attached hydrogen (secondary N) is 1. The molecule has 1 saturated heterocycles. The first-order valence-electron chi connectivity index (χ1n) is 7.51. The zero-order chi connectivity index (χ0) is 14.4. The third-order valence-electron chi connectivity index (χ3n) is 3.50. The fourth-order valence-electron chi connectivity index (χ4n) is 2.67. The SMILES string of the molecule is COCCCN1C(=O)C(CC(C)C)NC1CC(C)C. The van der Waals surface area contributed by atoms with E-state index >= 15 is 0 Å². The highest BCUT2D eigenvalue weighted by molar-refractivity contribution is 5.84. The molecule has 2 atom stereocenters. The lowest BCUT2D eigenvalue weighted by Crippen LogP contribution is -2.39. The van der Waals surface area contributed by atoms with Crippen molar-refractivity contribution in [2.45, 2.75) is 59.2 Å². The number of hydrogen-bond donors (Lipinski definition) is 1. The maximum Gasteiger partial charge on any atom is 0.241 e. The first kappa shape index (κ1) is 16.4. The molecule has 1 N–H and O–H groups in total. The maximum absolute atomic E-state index is 12.4. The van der Waals surface area contributed by atoms with Crippen LogP contribution in [0.25, 0.3) is 0 Å². The molecule has 1 rings (SSSR count). The molecule has 0 radical (unpaired) electrons. The number of hydrogen-bond acceptors (Lipinski definition) is 3. The zero-order valence-electron chi connectivity index (χ0n) is 13.1. The third kappa shape index (κ3) is 5.11. The van der Waals surface area contributed by atoms with Crippen LogP contribution in [0.1, 0.15) is 47.0 Å². The van der Waals surface area contributed by atoms with Gasteiger partial charge < -0.3 is 9.64 Å². The molecule has 112 valence electrons. The Morgan fingerprint density at radius 2 is 1.84 bits per heavy atom. The molecule has 1 aliphatic rings. The molecule has 19 heavy (non-hydrogen) atoms. The molecule has 0 saturated carbocycles. The van der Waals surface area contributed by atoms with E-state index in [0.717, 1.165) is 25.8 Å². The Morgan fingerprint density at radius 3 is 2.37 bits per heavy atom. The van der Waals surface area contributed by atoms with Crippen molar-refractivity contribution < 1.29 is 9.53 Å². The average molecular weight is 270 g/mol. The quantitative estimate of drug-likeness (QED) is 0.688. The van der Waals surface area contributed by atoms with E-state index in [1.54, 1.807) is 7.11 Å². The van der Waals surface area contributed by atoms with E-state index in [4.69, 9.17) is 4.74 Å². The minimum atomic E-state index is 0.00583. The van der Waals surface area contributed by atoms with Crippen LogP contribution in [-0.4, -0.2) is 43.3 Å². The summed E-state index contributed by atoms with van der Waals surface area (Å²) in [5, 5.41) is 3.52. The first-order valence-corrected chi connectivity index (χ1v) is 7.51. The number of carbonyl (C=O) groups excluding carboxylic acids is 1. The fraction of sp³-hybridized carbons (Fsp3) is 0.933. The molecule has 4 nitrogen and oxygen atoms in total.